The fourth-order valence-corrected chi connectivity index (χ4v) is 3.92. The minimum Gasteiger partial charge on any atom is -0.352 e. The zero-order valence-electron chi connectivity index (χ0n) is 14.5. The Morgan fingerprint density at radius 1 is 1.28 bits per heavy atom. The second-order valence-electron chi connectivity index (χ2n) is 6.60. The maximum Gasteiger partial charge on any atom is 0.230 e. The van der Waals surface area contributed by atoms with Crippen LogP contribution in [0.3, 0.4) is 0 Å². The van der Waals surface area contributed by atoms with Crippen LogP contribution in [0.25, 0.3) is 11.4 Å². The molecule has 5 nitrogen and oxygen atoms in total. The minimum absolute atomic E-state index is 0.0371. The summed E-state index contributed by atoms with van der Waals surface area (Å²) in [5, 5.41) is 12.1. The standard InChI is InChI=1S/C18H23FN4OS/c1-12-5-3-4-6-15(12)20-16(24)11-25-18-22-21-17(23(18)2)13-7-9-14(19)10-8-13/h7-10,12,15H,3-6,11H2,1-2H3,(H,20,24)/t12-,15+/m1/s1. The normalized spacial score (nSPS) is 20.4. The summed E-state index contributed by atoms with van der Waals surface area (Å²) < 4.78 is 14.9. The fraction of sp³-hybridized carbons (Fsp3) is 0.500. The molecule has 0 aliphatic heterocycles. The number of carbonyl (C=O) groups is 1. The second-order valence-corrected chi connectivity index (χ2v) is 7.54. The molecule has 1 fully saturated rings. The van der Waals surface area contributed by atoms with Gasteiger partial charge in [-0.1, -0.05) is 31.5 Å². The smallest absolute Gasteiger partial charge is 0.230 e. The Balaban J connectivity index is 1.58. The topological polar surface area (TPSA) is 59.8 Å². The van der Waals surface area contributed by atoms with Crippen LogP contribution in [0.15, 0.2) is 29.4 Å². The molecule has 1 heterocycles. The molecule has 134 valence electrons. The van der Waals surface area contributed by atoms with E-state index in [0.29, 0.717) is 22.7 Å². The molecule has 0 unspecified atom stereocenters. The Hall–Kier alpha value is -1.89. The summed E-state index contributed by atoms with van der Waals surface area (Å²) in [5.41, 5.74) is 0.795. The number of halogens is 1. The van der Waals surface area contributed by atoms with Gasteiger partial charge in [0.1, 0.15) is 5.82 Å². The molecule has 1 aliphatic rings. The predicted octanol–water partition coefficient (Wildman–Crippen LogP) is 3.41. The van der Waals surface area contributed by atoms with E-state index >= 15 is 0 Å². The first-order chi connectivity index (χ1) is 12.0. The van der Waals surface area contributed by atoms with Crippen LogP contribution in [0.1, 0.15) is 32.6 Å². The Morgan fingerprint density at radius 2 is 2.00 bits per heavy atom. The average molecular weight is 362 g/mol. The van der Waals surface area contributed by atoms with Crippen LogP contribution >= 0.6 is 11.8 Å². The number of nitrogens with zero attached hydrogens (tertiary/aromatic N) is 3. The van der Waals surface area contributed by atoms with E-state index in [1.807, 2.05) is 11.6 Å². The summed E-state index contributed by atoms with van der Waals surface area (Å²) >= 11 is 1.37. The van der Waals surface area contributed by atoms with Crippen molar-refractivity contribution in [1.29, 1.82) is 0 Å². The van der Waals surface area contributed by atoms with Gasteiger partial charge in [-0.25, -0.2) is 4.39 Å². The molecular formula is C18H23FN4OS. The molecule has 1 N–H and O–H groups in total. The SMILES string of the molecule is C[C@@H]1CCCC[C@@H]1NC(=O)CSc1nnc(-c2ccc(F)cc2)n1C. The number of carbonyl (C=O) groups excluding carboxylic acids is 1. The highest BCUT2D eigenvalue weighted by Gasteiger charge is 2.23. The highest BCUT2D eigenvalue weighted by atomic mass is 32.2. The number of amides is 1. The molecule has 1 aliphatic carbocycles. The van der Waals surface area contributed by atoms with Crippen molar-refractivity contribution in [3.05, 3.63) is 30.1 Å². The number of hydrogen-bond acceptors (Lipinski definition) is 4. The Kier molecular flexibility index (Phi) is 5.73. The van der Waals surface area contributed by atoms with E-state index in [9.17, 15) is 9.18 Å². The summed E-state index contributed by atoms with van der Waals surface area (Å²) in [5.74, 6) is 1.27. The van der Waals surface area contributed by atoms with Crippen molar-refractivity contribution in [2.45, 2.75) is 43.8 Å². The molecular weight excluding hydrogens is 339 g/mol. The van der Waals surface area contributed by atoms with Gasteiger partial charge < -0.3 is 9.88 Å². The van der Waals surface area contributed by atoms with E-state index in [-0.39, 0.29) is 17.8 Å². The highest BCUT2D eigenvalue weighted by molar-refractivity contribution is 7.99. The van der Waals surface area contributed by atoms with Crippen molar-refractivity contribution in [1.82, 2.24) is 20.1 Å². The molecule has 2 atom stereocenters. The first kappa shape index (κ1) is 17.9. The van der Waals surface area contributed by atoms with Crippen LogP contribution in [0.4, 0.5) is 4.39 Å². The predicted molar refractivity (Wildman–Crippen MR) is 96.7 cm³/mol. The van der Waals surface area contributed by atoms with Crippen molar-refractivity contribution < 1.29 is 9.18 Å². The molecule has 3 rings (SSSR count). The van der Waals surface area contributed by atoms with Gasteiger partial charge in [-0.05, 0) is 43.0 Å². The van der Waals surface area contributed by atoms with Gasteiger partial charge in [0, 0.05) is 18.7 Å². The van der Waals surface area contributed by atoms with Crippen LogP contribution in [0.2, 0.25) is 0 Å². The van der Waals surface area contributed by atoms with Gasteiger partial charge in [0.15, 0.2) is 11.0 Å². The van der Waals surface area contributed by atoms with Gasteiger partial charge in [-0.15, -0.1) is 10.2 Å². The average Bonchev–Trinajstić information content (AvgIpc) is 2.97. The number of nitrogens with one attached hydrogen (secondary N) is 1. The number of aromatic nitrogens is 3. The number of hydrogen-bond donors (Lipinski definition) is 1. The molecule has 0 spiro atoms. The summed E-state index contributed by atoms with van der Waals surface area (Å²) in [6.07, 6.45) is 4.69. The lowest BCUT2D eigenvalue weighted by atomic mass is 9.86. The molecule has 1 aromatic carbocycles. The van der Waals surface area contributed by atoms with Crippen molar-refractivity contribution in [2.24, 2.45) is 13.0 Å². The Morgan fingerprint density at radius 3 is 2.72 bits per heavy atom. The third-order valence-corrected chi connectivity index (χ3v) is 5.75. The quantitative estimate of drug-likeness (QED) is 0.828. The van der Waals surface area contributed by atoms with Crippen LogP contribution in [-0.2, 0) is 11.8 Å². The summed E-state index contributed by atoms with van der Waals surface area (Å²) in [6, 6.07) is 6.43. The molecule has 1 aromatic heterocycles. The number of thioether (sulfide) groups is 1. The summed E-state index contributed by atoms with van der Waals surface area (Å²) in [4.78, 5) is 12.2. The largest absolute Gasteiger partial charge is 0.352 e. The monoisotopic (exact) mass is 362 g/mol. The third kappa shape index (κ3) is 4.39. The van der Waals surface area contributed by atoms with Crippen LogP contribution in [0, 0.1) is 11.7 Å². The summed E-state index contributed by atoms with van der Waals surface area (Å²) in [7, 11) is 1.85. The minimum atomic E-state index is -0.283. The Bertz CT molecular complexity index is 731. The lowest BCUT2D eigenvalue weighted by Gasteiger charge is -2.29. The maximum absolute atomic E-state index is 13.0. The van der Waals surface area contributed by atoms with Crippen LogP contribution in [0.5, 0.6) is 0 Å². The van der Waals surface area contributed by atoms with Gasteiger partial charge in [-0.2, -0.15) is 0 Å². The summed E-state index contributed by atoms with van der Waals surface area (Å²) in [6.45, 7) is 2.20. The highest BCUT2D eigenvalue weighted by Crippen LogP contribution is 2.25. The molecule has 0 bridgehead atoms. The van der Waals surface area contributed by atoms with E-state index < -0.39 is 0 Å². The van der Waals surface area contributed by atoms with E-state index in [1.165, 1.54) is 43.2 Å². The Labute approximate surface area is 151 Å². The van der Waals surface area contributed by atoms with Crippen LogP contribution in [-0.4, -0.2) is 32.5 Å². The molecule has 1 amide bonds. The molecule has 25 heavy (non-hydrogen) atoms. The van der Waals surface area contributed by atoms with Gasteiger partial charge in [0.2, 0.25) is 5.91 Å². The second kappa shape index (κ2) is 7.99. The first-order valence-electron chi connectivity index (χ1n) is 8.62. The van der Waals surface area contributed by atoms with Gasteiger partial charge in [0.05, 0.1) is 5.75 Å². The molecule has 7 heteroatoms. The van der Waals surface area contributed by atoms with E-state index in [0.717, 1.165) is 12.0 Å². The van der Waals surface area contributed by atoms with Gasteiger partial charge >= 0.3 is 0 Å². The van der Waals surface area contributed by atoms with E-state index in [2.05, 4.69) is 22.4 Å². The molecule has 0 radical (unpaired) electrons. The van der Waals surface area contributed by atoms with Crippen LogP contribution < -0.4 is 5.32 Å². The van der Waals surface area contributed by atoms with E-state index in [1.54, 1.807) is 12.1 Å². The number of benzene rings is 1. The first-order valence-corrected chi connectivity index (χ1v) is 9.60. The van der Waals surface area contributed by atoms with Crippen molar-refractivity contribution >= 4 is 17.7 Å². The van der Waals surface area contributed by atoms with Gasteiger partial charge in [0.25, 0.3) is 0 Å². The van der Waals surface area contributed by atoms with E-state index in [4.69, 9.17) is 0 Å². The van der Waals surface area contributed by atoms with Gasteiger partial charge in [-0.3, -0.25) is 4.79 Å². The number of rotatable bonds is 5. The maximum atomic E-state index is 13.0. The zero-order valence-corrected chi connectivity index (χ0v) is 15.4. The van der Waals surface area contributed by atoms with Crippen molar-refractivity contribution in [3.8, 4) is 11.4 Å². The molecule has 2 aromatic rings. The lowest BCUT2D eigenvalue weighted by molar-refractivity contribution is -0.119. The van der Waals surface area contributed by atoms with Crippen molar-refractivity contribution in [3.63, 3.8) is 0 Å². The lowest BCUT2D eigenvalue weighted by Crippen LogP contribution is -2.41. The zero-order chi connectivity index (χ0) is 17.8. The third-order valence-electron chi connectivity index (χ3n) is 4.73. The molecule has 0 saturated heterocycles. The molecule has 1 saturated carbocycles. The van der Waals surface area contributed by atoms with Crippen molar-refractivity contribution in [2.75, 3.05) is 5.75 Å². The fourth-order valence-electron chi connectivity index (χ4n) is 3.20.